The van der Waals surface area contributed by atoms with E-state index in [1.165, 1.54) is 16.3 Å². The minimum Gasteiger partial charge on any atom is -0.326 e. The number of fused-ring (bicyclic) bond motifs is 1. The molecule has 0 spiro atoms. The number of hydrogen-bond acceptors (Lipinski definition) is 1. The molecule has 0 saturated carbocycles. The van der Waals surface area contributed by atoms with Crippen molar-refractivity contribution >= 4 is 10.8 Å². The Morgan fingerprint density at radius 2 is 1.69 bits per heavy atom. The number of nitrogens with two attached hydrogens (primary N) is 1. The van der Waals surface area contributed by atoms with Gasteiger partial charge < -0.3 is 5.73 Å². The zero-order valence-corrected chi connectivity index (χ0v) is 7.46. The van der Waals surface area contributed by atoms with Gasteiger partial charge in [-0.25, -0.2) is 0 Å². The van der Waals surface area contributed by atoms with Gasteiger partial charge in [-0.3, -0.25) is 0 Å². The summed E-state index contributed by atoms with van der Waals surface area (Å²) < 4.78 is 0. The van der Waals surface area contributed by atoms with Crippen LogP contribution in [0, 0.1) is 6.92 Å². The summed E-state index contributed by atoms with van der Waals surface area (Å²) in [6, 6.07) is 12.4. The number of rotatable bonds is 1. The molecule has 0 unspecified atom stereocenters. The predicted octanol–water partition coefficient (Wildman–Crippen LogP) is 2.48. The molecule has 0 aliphatic rings. The summed E-state index contributed by atoms with van der Waals surface area (Å²) in [6.45, 7) is 4.49. The summed E-state index contributed by atoms with van der Waals surface area (Å²) in [5.41, 5.74) is 7.78. The van der Waals surface area contributed by atoms with Crippen molar-refractivity contribution in [1.82, 2.24) is 0 Å². The number of benzene rings is 2. The van der Waals surface area contributed by atoms with E-state index in [0.29, 0.717) is 6.54 Å². The molecule has 65 valence electrons. The smallest absolute Gasteiger partial charge is 0.0178 e. The molecule has 2 rings (SSSR count). The van der Waals surface area contributed by atoms with Crippen LogP contribution < -0.4 is 5.73 Å². The van der Waals surface area contributed by atoms with Gasteiger partial charge in [-0.15, -0.1) is 0 Å². The van der Waals surface area contributed by atoms with Crippen LogP contribution in [0.15, 0.2) is 36.4 Å². The first kappa shape index (κ1) is 8.27. The lowest BCUT2D eigenvalue weighted by atomic mass is 10.1. The average Bonchev–Trinajstić information content (AvgIpc) is 2.17. The van der Waals surface area contributed by atoms with Gasteiger partial charge in [-0.2, -0.15) is 0 Å². The monoisotopic (exact) mass is 170 g/mol. The Labute approximate surface area is 78.2 Å². The standard InChI is InChI=1S/C12H12N/c1-9-2-4-12-7-10(8-13)3-5-11(12)6-9/h2-7H,1,8,13H2. The van der Waals surface area contributed by atoms with Gasteiger partial charge in [0.25, 0.3) is 0 Å². The van der Waals surface area contributed by atoms with Crippen LogP contribution in [0.1, 0.15) is 11.1 Å². The SMILES string of the molecule is [CH2]c1ccc2cc(CN)ccc2c1. The maximum atomic E-state index is 5.56. The minimum atomic E-state index is 0.599. The number of hydrogen-bond donors (Lipinski definition) is 1. The van der Waals surface area contributed by atoms with Gasteiger partial charge >= 0.3 is 0 Å². The van der Waals surface area contributed by atoms with Crippen LogP contribution in [0.3, 0.4) is 0 Å². The summed E-state index contributed by atoms with van der Waals surface area (Å²) in [7, 11) is 0. The van der Waals surface area contributed by atoms with Crippen molar-refractivity contribution in [3.8, 4) is 0 Å². The molecule has 2 N–H and O–H groups in total. The highest BCUT2D eigenvalue weighted by atomic mass is 14.5. The lowest BCUT2D eigenvalue weighted by molar-refractivity contribution is 1.08. The normalized spacial score (nSPS) is 10.6. The molecule has 0 heterocycles. The van der Waals surface area contributed by atoms with Crippen LogP contribution in [0.5, 0.6) is 0 Å². The maximum absolute atomic E-state index is 5.56. The van der Waals surface area contributed by atoms with Crippen molar-refractivity contribution in [2.45, 2.75) is 6.54 Å². The lowest BCUT2D eigenvalue weighted by Gasteiger charge is -2.01. The van der Waals surface area contributed by atoms with Gasteiger partial charge in [-0.05, 0) is 34.9 Å². The van der Waals surface area contributed by atoms with E-state index in [-0.39, 0.29) is 0 Å². The Bertz CT molecular complexity index is 432. The predicted molar refractivity (Wildman–Crippen MR) is 56.3 cm³/mol. The molecule has 0 atom stereocenters. The topological polar surface area (TPSA) is 26.0 Å². The van der Waals surface area contributed by atoms with Crippen LogP contribution in [-0.4, -0.2) is 0 Å². The molecular formula is C12H12N. The van der Waals surface area contributed by atoms with Crippen molar-refractivity contribution < 1.29 is 0 Å². The van der Waals surface area contributed by atoms with E-state index < -0.39 is 0 Å². The first-order chi connectivity index (χ1) is 6.29. The molecule has 1 nitrogen and oxygen atoms in total. The third kappa shape index (κ3) is 1.56. The molecule has 0 aliphatic heterocycles. The van der Waals surface area contributed by atoms with Crippen LogP contribution in [0.4, 0.5) is 0 Å². The lowest BCUT2D eigenvalue weighted by Crippen LogP contribution is -1.95. The summed E-state index contributed by atoms with van der Waals surface area (Å²) in [6.07, 6.45) is 0. The first-order valence-electron chi connectivity index (χ1n) is 4.34. The Morgan fingerprint density at radius 3 is 2.46 bits per heavy atom. The van der Waals surface area contributed by atoms with E-state index in [2.05, 4.69) is 37.3 Å². The summed E-state index contributed by atoms with van der Waals surface area (Å²) in [4.78, 5) is 0. The van der Waals surface area contributed by atoms with Gasteiger partial charge in [-0.1, -0.05) is 30.3 Å². The van der Waals surface area contributed by atoms with E-state index in [9.17, 15) is 0 Å². The molecule has 0 aromatic heterocycles. The zero-order chi connectivity index (χ0) is 9.26. The molecule has 1 radical (unpaired) electrons. The van der Waals surface area contributed by atoms with Gasteiger partial charge in [0, 0.05) is 6.54 Å². The summed E-state index contributed by atoms with van der Waals surface area (Å²) >= 11 is 0. The van der Waals surface area contributed by atoms with Gasteiger partial charge in [0.2, 0.25) is 0 Å². The highest BCUT2D eigenvalue weighted by Gasteiger charge is 1.94. The van der Waals surface area contributed by atoms with E-state index in [4.69, 9.17) is 5.73 Å². The van der Waals surface area contributed by atoms with E-state index >= 15 is 0 Å². The molecule has 0 fully saturated rings. The Morgan fingerprint density at radius 1 is 1.00 bits per heavy atom. The summed E-state index contributed by atoms with van der Waals surface area (Å²) in [5, 5.41) is 2.46. The van der Waals surface area contributed by atoms with Gasteiger partial charge in [0.1, 0.15) is 0 Å². The second kappa shape index (κ2) is 3.19. The Kier molecular flexibility index (Phi) is 2.03. The maximum Gasteiger partial charge on any atom is 0.0178 e. The molecule has 1 heteroatoms. The quantitative estimate of drug-likeness (QED) is 0.699. The fraction of sp³-hybridized carbons (Fsp3) is 0.0833. The van der Waals surface area contributed by atoms with Crippen molar-refractivity contribution in [1.29, 1.82) is 0 Å². The second-order valence-corrected chi connectivity index (χ2v) is 3.22. The second-order valence-electron chi connectivity index (χ2n) is 3.22. The third-order valence-electron chi connectivity index (χ3n) is 2.20. The van der Waals surface area contributed by atoms with Crippen molar-refractivity contribution in [3.05, 3.63) is 54.4 Å². The molecule has 0 aliphatic carbocycles. The first-order valence-corrected chi connectivity index (χ1v) is 4.34. The molecule has 2 aromatic rings. The minimum absolute atomic E-state index is 0.599. The fourth-order valence-electron chi connectivity index (χ4n) is 1.47. The Balaban J connectivity index is 2.66. The van der Waals surface area contributed by atoms with E-state index in [1.807, 2.05) is 6.07 Å². The third-order valence-corrected chi connectivity index (χ3v) is 2.20. The van der Waals surface area contributed by atoms with Gasteiger partial charge in [0.05, 0.1) is 0 Å². The highest BCUT2D eigenvalue weighted by Crippen LogP contribution is 2.17. The van der Waals surface area contributed by atoms with E-state index in [0.717, 1.165) is 5.56 Å². The molecule has 2 aromatic carbocycles. The Hall–Kier alpha value is -1.34. The van der Waals surface area contributed by atoms with Crippen LogP contribution >= 0.6 is 0 Å². The van der Waals surface area contributed by atoms with Crippen LogP contribution in [0.25, 0.3) is 10.8 Å². The van der Waals surface area contributed by atoms with Crippen molar-refractivity contribution in [3.63, 3.8) is 0 Å². The summed E-state index contributed by atoms with van der Waals surface area (Å²) in [5.74, 6) is 0. The molecular weight excluding hydrogens is 158 g/mol. The largest absolute Gasteiger partial charge is 0.326 e. The fourth-order valence-corrected chi connectivity index (χ4v) is 1.47. The van der Waals surface area contributed by atoms with Crippen LogP contribution in [-0.2, 0) is 6.54 Å². The highest BCUT2D eigenvalue weighted by molar-refractivity contribution is 5.83. The molecule has 0 bridgehead atoms. The van der Waals surface area contributed by atoms with Crippen molar-refractivity contribution in [2.75, 3.05) is 0 Å². The molecule has 0 saturated heterocycles. The van der Waals surface area contributed by atoms with Crippen LogP contribution in [0.2, 0.25) is 0 Å². The molecule has 0 amide bonds. The van der Waals surface area contributed by atoms with E-state index in [1.54, 1.807) is 0 Å². The average molecular weight is 170 g/mol. The zero-order valence-electron chi connectivity index (χ0n) is 7.46. The van der Waals surface area contributed by atoms with Crippen molar-refractivity contribution in [2.24, 2.45) is 5.73 Å². The van der Waals surface area contributed by atoms with Gasteiger partial charge in [0.15, 0.2) is 0 Å². The molecule has 13 heavy (non-hydrogen) atoms.